The van der Waals surface area contributed by atoms with Crippen LogP contribution in [0.5, 0.6) is 17.2 Å². The van der Waals surface area contributed by atoms with Crippen molar-refractivity contribution < 1.29 is 23.8 Å². The van der Waals surface area contributed by atoms with Gasteiger partial charge in [0.15, 0.2) is 11.5 Å². The fraction of sp³-hybridized carbons (Fsp3) is 0.333. The van der Waals surface area contributed by atoms with Gasteiger partial charge < -0.3 is 24.0 Å². The van der Waals surface area contributed by atoms with E-state index in [0.29, 0.717) is 54.6 Å². The molecule has 2 aliphatic rings. The lowest BCUT2D eigenvalue weighted by Gasteiger charge is -2.22. The number of ether oxygens (including phenoxy) is 3. The van der Waals surface area contributed by atoms with Crippen LogP contribution >= 0.6 is 0 Å². The lowest BCUT2D eigenvalue weighted by molar-refractivity contribution is 0.0718. The Hall–Kier alpha value is -3.22. The first-order valence-corrected chi connectivity index (χ1v) is 9.28. The number of fused-ring (bicyclic) bond motifs is 1. The largest absolute Gasteiger partial charge is 0.497 e. The van der Waals surface area contributed by atoms with Gasteiger partial charge in [0.2, 0.25) is 6.79 Å². The topological polar surface area (TPSA) is 68.3 Å². The number of carbonyl (C=O) groups is 2. The maximum absolute atomic E-state index is 12.9. The first-order valence-electron chi connectivity index (χ1n) is 9.28. The number of amides is 2. The van der Waals surface area contributed by atoms with E-state index in [2.05, 4.69) is 0 Å². The molecule has 0 saturated carbocycles. The molecular weight excluding hydrogens is 360 g/mol. The zero-order chi connectivity index (χ0) is 19.5. The Morgan fingerprint density at radius 3 is 2.25 bits per heavy atom. The molecule has 0 aliphatic carbocycles. The van der Waals surface area contributed by atoms with Crippen molar-refractivity contribution in [3.8, 4) is 17.2 Å². The number of benzene rings is 2. The summed E-state index contributed by atoms with van der Waals surface area (Å²) >= 11 is 0. The molecule has 0 spiro atoms. The third-order valence-corrected chi connectivity index (χ3v) is 5.01. The summed E-state index contributed by atoms with van der Waals surface area (Å²) < 4.78 is 15.9. The number of rotatable bonds is 3. The van der Waals surface area contributed by atoms with Gasteiger partial charge in [-0.15, -0.1) is 0 Å². The third kappa shape index (κ3) is 3.60. The molecule has 0 unspecified atom stereocenters. The lowest BCUT2D eigenvalue weighted by Crippen LogP contribution is -2.37. The van der Waals surface area contributed by atoms with E-state index in [9.17, 15) is 9.59 Å². The second-order valence-corrected chi connectivity index (χ2v) is 6.74. The summed E-state index contributed by atoms with van der Waals surface area (Å²) in [6.07, 6.45) is 0.728. The van der Waals surface area contributed by atoms with Crippen LogP contribution in [0.1, 0.15) is 27.1 Å². The van der Waals surface area contributed by atoms with E-state index in [-0.39, 0.29) is 18.6 Å². The van der Waals surface area contributed by atoms with Crippen LogP contribution in [0.3, 0.4) is 0 Å². The molecule has 146 valence electrons. The smallest absolute Gasteiger partial charge is 0.254 e. The molecule has 2 amide bonds. The monoisotopic (exact) mass is 382 g/mol. The molecule has 1 fully saturated rings. The van der Waals surface area contributed by atoms with E-state index >= 15 is 0 Å². The maximum Gasteiger partial charge on any atom is 0.254 e. The van der Waals surface area contributed by atoms with Gasteiger partial charge in [0, 0.05) is 37.3 Å². The van der Waals surface area contributed by atoms with Gasteiger partial charge in [0.1, 0.15) is 5.75 Å². The van der Waals surface area contributed by atoms with Crippen molar-refractivity contribution in [2.45, 2.75) is 6.42 Å². The number of methoxy groups -OCH3 is 1. The standard InChI is InChI=1S/C21H22N2O5/c1-26-17-5-2-4-15(12-17)20(24)22-8-3-9-23(11-10-22)21(25)16-6-7-18-19(13-16)28-14-27-18/h2,4-7,12-13H,3,8-11,14H2,1H3. The average Bonchev–Trinajstić information content (AvgIpc) is 3.07. The molecule has 28 heavy (non-hydrogen) atoms. The van der Waals surface area contributed by atoms with E-state index in [0.717, 1.165) is 6.42 Å². The van der Waals surface area contributed by atoms with Gasteiger partial charge in [0.05, 0.1) is 7.11 Å². The van der Waals surface area contributed by atoms with Gasteiger partial charge in [-0.05, 0) is 42.8 Å². The van der Waals surface area contributed by atoms with E-state index in [1.165, 1.54) is 0 Å². The maximum atomic E-state index is 12.9. The minimum Gasteiger partial charge on any atom is -0.497 e. The van der Waals surface area contributed by atoms with Gasteiger partial charge in [0.25, 0.3) is 11.8 Å². The average molecular weight is 382 g/mol. The Bertz CT molecular complexity index is 898. The summed E-state index contributed by atoms with van der Waals surface area (Å²) in [6.45, 7) is 2.38. The molecule has 7 nitrogen and oxygen atoms in total. The molecule has 7 heteroatoms. The number of hydrogen-bond donors (Lipinski definition) is 0. The van der Waals surface area contributed by atoms with Gasteiger partial charge in [-0.2, -0.15) is 0 Å². The first kappa shape index (κ1) is 18.2. The summed E-state index contributed by atoms with van der Waals surface area (Å²) in [5, 5.41) is 0. The predicted molar refractivity (Wildman–Crippen MR) is 102 cm³/mol. The van der Waals surface area contributed by atoms with Crippen LogP contribution < -0.4 is 14.2 Å². The minimum atomic E-state index is -0.0611. The quantitative estimate of drug-likeness (QED) is 0.816. The van der Waals surface area contributed by atoms with Crippen LogP contribution in [0.25, 0.3) is 0 Å². The third-order valence-electron chi connectivity index (χ3n) is 5.01. The van der Waals surface area contributed by atoms with Crippen LogP contribution in [0.15, 0.2) is 42.5 Å². The van der Waals surface area contributed by atoms with Gasteiger partial charge >= 0.3 is 0 Å². The van der Waals surface area contributed by atoms with Crippen LogP contribution in [0, 0.1) is 0 Å². The highest BCUT2D eigenvalue weighted by Gasteiger charge is 2.25. The molecule has 0 N–H and O–H groups in total. The first-order chi connectivity index (χ1) is 13.7. The SMILES string of the molecule is COc1cccc(C(=O)N2CCCN(C(=O)c3ccc4c(c3)OCO4)CC2)c1. The van der Waals surface area contributed by atoms with Crippen molar-refractivity contribution in [3.05, 3.63) is 53.6 Å². The normalized spacial score (nSPS) is 15.9. The van der Waals surface area contributed by atoms with Gasteiger partial charge in [-0.1, -0.05) is 6.07 Å². The zero-order valence-corrected chi connectivity index (χ0v) is 15.7. The van der Waals surface area contributed by atoms with Crippen molar-refractivity contribution in [1.82, 2.24) is 9.80 Å². The van der Waals surface area contributed by atoms with Crippen LogP contribution in [-0.2, 0) is 0 Å². The molecular formula is C21H22N2O5. The number of nitrogens with zero attached hydrogens (tertiary/aromatic N) is 2. The summed E-state index contributed by atoms with van der Waals surface area (Å²) in [6, 6.07) is 12.4. The Kier molecular flexibility index (Phi) is 5.06. The highest BCUT2D eigenvalue weighted by Crippen LogP contribution is 2.32. The fourth-order valence-electron chi connectivity index (χ4n) is 3.47. The van der Waals surface area contributed by atoms with E-state index in [4.69, 9.17) is 14.2 Å². The van der Waals surface area contributed by atoms with E-state index in [1.807, 2.05) is 6.07 Å². The van der Waals surface area contributed by atoms with Crippen LogP contribution in [0.2, 0.25) is 0 Å². The van der Waals surface area contributed by atoms with Crippen molar-refractivity contribution in [2.24, 2.45) is 0 Å². The lowest BCUT2D eigenvalue weighted by atomic mass is 10.1. The molecule has 0 atom stereocenters. The molecule has 2 aliphatic heterocycles. The molecule has 4 rings (SSSR count). The molecule has 0 bridgehead atoms. The molecule has 2 aromatic rings. The van der Waals surface area contributed by atoms with Crippen molar-refractivity contribution in [2.75, 3.05) is 40.1 Å². The Labute approximate surface area is 163 Å². The highest BCUT2D eigenvalue weighted by atomic mass is 16.7. The summed E-state index contributed by atoms with van der Waals surface area (Å²) in [4.78, 5) is 29.3. The molecule has 0 aromatic heterocycles. The molecule has 2 heterocycles. The van der Waals surface area contributed by atoms with E-state index < -0.39 is 0 Å². The number of hydrogen-bond acceptors (Lipinski definition) is 5. The van der Waals surface area contributed by atoms with E-state index in [1.54, 1.807) is 53.3 Å². The Morgan fingerprint density at radius 1 is 0.857 bits per heavy atom. The van der Waals surface area contributed by atoms with Crippen LogP contribution in [-0.4, -0.2) is 61.7 Å². The molecule has 0 radical (unpaired) electrons. The number of carbonyl (C=O) groups excluding carboxylic acids is 2. The highest BCUT2D eigenvalue weighted by molar-refractivity contribution is 5.96. The Morgan fingerprint density at radius 2 is 1.54 bits per heavy atom. The second kappa shape index (κ2) is 7.80. The summed E-state index contributed by atoms with van der Waals surface area (Å²) in [5.74, 6) is 1.79. The second-order valence-electron chi connectivity index (χ2n) is 6.74. The van der Waals surface area contributed by atoms with Crippen LogP contribution in [0.4, 0.5) is 0 Å². The van der Waals surface area contributed by atoms with Crippen molar-refractivity contribution in [3.63, 3.8) is 0 Å². The van der Waals surface area contributed by atoms with Gasteiger partial charge in [-0.3, -0.25) is 9.59 Å². The van der Waals surface area contributed by atoms with Crippen molar-refractivity contribution in [1.29, 1.82) is 0 Å². The van der Waals surface area contributed by atoms with Crippen molar-refractivity contribution >= 4 is 11.8 Å². The fourth-order valence-corrected chi connectivity index (χ4v) is 3.47. The Balaban J connectivity index is 1.43. The molecule has 1 saturated heterocycles. The summed E-state index contributed by atoms with van der Waals surface area (Å²) in [7, 11) is 1.58. The zero-order valence-electron chi connectivity index (χ0n) is 15.7. The predicted octanol–water partition coefficient (Wildman–Crippen LogP) is 2.41. The minimum absolute atomic E-state index is 0.0451. The van der Waals surface area contributed by atoms with Gasteiger partial charge in [-0.25, -0.2) is 0 Å². The molecule has 2 aromatic carbocycles. The summed E-state index contributed by atoms with van der Waals surface area (Å²) in [5.41, 5.74) is 1.16.